The van der Waals surface area contributed by atoms with Crippen molar-refractivity contribution in [3.63, 3.8) is 0 Å². The largest absolute Gasteiger partial charge is 0.208 e. The van der Waals surface area contributed by atoms with Gasteiger partial charge in [0.1, 0.15) is 12.7 Å². The van der Waals surface area contributed by atoms with Crippen molar-refractivity contribution >= 4 is 22.1 Å². The SMILES string of the molecule is Brc1ccccc1/C=N/n1cnnc1. The lowest BCUT2D eigenvalue weighted by molar-refractivity contribution is 0.878. The molecular weight excluding hydrogens is 244 g/mol. The van der Waals surface area contributed by atoms with Gasteiger partial charge in [0, 0.05) is 10.0 Å². The number of rotatable bonds is 2. The first kappa shape index (κ1) is 9.08. The van der Waals surface area contributed by atoms with Crippen LogP contribution < -0.4 is 0 Å². The zero-order valence-electron chi connectivity index (χ0n) is 7.21. The van der Waals surface area contributed by atoms with Crippen molar-refractivity contribution in [2.24, 2.45) is 5.10 Å². The Balaban J connectivity index is 2.23. The lowest BCUT2D eigenvalue weighted by Crippen LogP contribution is -1.87. The number of benzene rings is 1. The molecule has 0 saturated carbocycles. The molecule has 0 aliphatic heterocycles. The summed E-state index contributed by atoms with van der Waals surface area (Å²) in [5, 5.41) is 11.4. The fourth-order valence-corrected chi connectivity index (χ4v) is 1.35. The summed E-state index contributed by atoms with van der Waals surface area (Å²) in [6.45, 7) is 0. The standard InChI is InChI=1S/C9H7BrN4/c10-9-4-2-1-3-8(9)5-13-14-6-11-12-7-14/h1-7H/b13-5+. The Morgan fingerprint density at radius 2 is 1.93 bits per heavy atom. The van der Waals surface area contributed by atoms with Crippen LogP contribution in [0.2, 0.25) is 0 Å². The van der Waals surface area contributed by atoms with Gasteiger partial charge in [0.05, 0.1) is 6.21 Å². The van der Waals surface area contributed by atoms with Crippen LogP contribution in [-0.4, -0.2) is 21.1 Å². The Morgan fingerprint density at radius 3 is 2.64 bits per heavy atom. The van der Waals surface area contributed by atoms with E-state index in [1.54, 1.807) is 10.9 Å². The van der Waals surface area contributed by atoms with Crippen LogP contribution in [0.3, 0.4) is 0 Å². The van der Waals surface area contributed by atoms with Gasteiger partial charge < -0.3 is 0 Å². The molecule has 70 valence electrons. The predicted octanol–water partition coefficient (Wildman–Crippen LogP) is 1.92. The average Bonchev–Trinajstić information content (AvgIpc) is 2.69. The summed E-state index contributed by atoms with van der Waals surface area (Å²) in [6, 6.07) is 7.85. The van der Waals surface area contributed by atoms with Gasteiger partial charge in [0.25, 0.3) is 0 Å². The highest BCUT2D eigenvalue weighted by Gasteiger charge is 1.93. The second kappa shape index (κ2) is 4.15. The van der Waals surface area contributed by atoms with Crippen LogP contribution in [0, 0.1) is 0 Å². The maximum absolute atomic E-state index is 4.13. The number of hydrogen-bond donors (Lipinski definition) is 0. The minimum Gasteiger partial charge on any atom is -0.208 e. The third-order valence-corrected chi connectivity index (χ3v) is 2.36. The molecule has 14 heavy (non-hydrogen) atoms. The second-order valence-corrected chi connectivity index (χ2v) is 3.46. The maximum Gasteiger partial charge on any atom is 0.141 e. The van der Waals surface area contributed by atoms with Gasteiger partial charge in [-0.1, -0.05) is 34.1 Å². The highest BCUT2D eigenvalue weighted by atomic mass is 79.9. The van der Waals surface area contributed by atoms with Gasteiger partial charge in [-0.05, 0) is 6.07 Å². The summed E-state index contributed by atoms with van der Waals surface area (Å²) in [5.41, 5.74) is 1.02. The van der Waals surface area contributed by atoms with Crippen LogP contribution in [-0.2, 0) is 0 Å². The number of hydrogen-bond acceptors (Lipinski definition) is 3. The fraction of sp³-hybridized carbons (Fsp3) is 0. The Kier molecular flexibility index (Phi) is 2.69. The Labute approximate surface area is 89.4 Å². The quantitative estimate of drug-likeness (QED) is 0.765. The van der Waals surface area contributed by atoms with Crippen molar-refractivity contribution < 1.29 is 0 Å². The molecule has 2 aromatic rings. The molecule has 0 bridgehead atoms. The van der Waals surface area contributed by atoms with Gasteiger partial charge in [-0.25, -0.2) is 4.68 Å². The zero-order valence-corrected chi connectivity index (χ0v) is 8.79. The first-order valence-corrected chi connectivity index (χ1v) is 4.79. The summed E-state index contributed by atoms with van der Waals surface area (Å²) < 4.78 is 2.55. The van der Waals surface area contributed by atoms with Crippen molar-refractivity contribution in [3.8, 4) is 0 Å². The third-order valence-electron chi connectivity index (χ3n) is 1.64. The Bertz CT molecular complexity index is 436. The average molecular weight is 251 g/mol. The van der Waals surface area contributed by atoms with Gasteiger partial charge in [-0.3, -0.25) is 0 Å². The van der Waals surface area contributed by atoms with Gasteiger partial charge in [0.15, 0.2) is 0 Å². The monoisotopic (exact) mass is 250 g/mol. The number of aromatic nitrogens is 3. The second-order valence-electron chi connectivity index (χ2n) is 2.61. The van der Waals surface area contributed by atoms with Crippen molar-refractivity contribution in [2.45, 2.75) is 0 Å². The molecule has 0 unspecified atom stereocenters. The van der Waals surface area contributed by atoms with E-state index >= 15 is 0 Å². The molecule has 0 aliphatic rings. The summed E-state index contributed by atoms with van der Waals surface area (Å²) >= 11 is 3.43. The molecule has 5 heteroatoms. The van der Waals surface area contributed by atoms with Gasteiger partial charge >= 0.3 is 0 Å². The summed E-state index contributed by atoms with van der Waals surface area (Å²) in [6.07, 6.45) is 4.81. The number of halogens is 1. The normalized spacial score (nSPS) is 10.9. The van der Waals surface area contributed by atoms with Crippen molar-refractivity contribution in [2.75, 3.05) is 0 Å². The third kappa shape index (κ3) is 2.05. The van der Waals surface area contributed by atoms with Crippen molar-refractivity contribution in [3.05, 3.63) is 47.0 Å². The van der Waals surface area contributed by atoms with E-state index in [9.17, 15) is 0 Å². The van der Waals surface area contributed by atoms with Crippen LogP contribution in [0.5, 0.6) is 0 Å². The minimum absolute atomic E-state index is 1.01. The minimum atomic E-state index is 1.01. The van der Waals surface area contributed by atoms with E-state index in [4.69, 9.17) is 0 Å². The van der Waals surface area contributed by atoms with E-state index in [1.165, 1.54) is 12.7 Å². The van der Waals surface area contributed by atoms with Gasteiger partial charge in [-0.15, -0.1) is 10.2 Å². The molecule has 1 heterocycles. The van der Waals surface area contributed by atoms with E-state index in [2.05, 4.69) is 31.2 Å². The van der Waals surface area contributed by atoms with Crippen LogP contribution in [0.25, 0.3) is 0 Å². The first-order valence-electron chi connectivity index (χ1n) is 4.00. The summed E-state index contributed by atoms with van der Waals surface area (Å²) in [7, 11) is 0. The van der Waals surface area contributed by atoms with Crippen molar-refractivity contribution in [1.29, 1.82) is 0 Å². The van der Waals surface area contributed by atoms with Crippen LogP contribution >= 0.6 is 15.9 Å². The van der Waals surface area contributed by atoms with E-state index in [0.29, 0.717) is 0 Å². The smallest absolute Gasteiger partial charge is 0.141 e. The summed E-state index contributed by atoms with van der Waals surface area (Å²) in [4.78, 5) is 0. The van der Waals surface area contributed by atoms with E-state index in [1.807, 2.05) is 24.3 Å². The molecule has 0 saturated heterocycles. The molecule has 0 atom stereocenters. The Hall–Kier alpha value is -1.49. The topological polar surface area (TPSA) is 43.1 Å². The summed E-state index contributed by atoms with van der Waals surface area (Å²) in [5.74, 6) is 0. The highest BCUT2D eigenvalue weighted by molar-refractivity contribution is 9.10. The first-order chi connectivity index (χ1) is 6.86. The van der Waals surface area contributed by atoms with Crippen LogP contribution in [0.1, 0.15) is 5.56 Å². The fourth-order valence-electron chi connectivity index (χ4n) is 0.964. The maximum atomic E-state index is 4.13. The van der Waals surface area contributed by atoms with Crippen LogP contribution in [0.4, 0.5) is 0 Å². The van der Waals surface area contributed by atoms with Crippen molar-refractivity contribution in [1.82, 2.24) is 14.9 Å². The molecule has 0 N–H and O–H groups in total. The molecule has 4 nitrogen and oxygen atoms in total. The predicted molar refractivity (Wildman–Crippen MR) is 57.2 cm³/mol. The molecule has 1 aromatic heterocycles. The zero-order chi connectivity index (χ0) is 9.80. The highest BCUT2D eigenvalue weighted by Crippen LogP contribution is 2.13. The van der Waals surface area contributed by atoms with Crippen LogP contribution in [0.15, 0.2) is 46.5 Å². The lowest BCUT2D eigenvalue weighted by Gasteiger charge is -1.95. The molecule has 0 radical (unpaired) electrons. The number of nitrogens with zero attached hydrogens (tertiary/aromatic N) is 4. The Morgan fingerprint density at radius 1 is 1.21 bits per heavy atom. The lowest BCUT2D eigenvalue weighted by atomic mass is 10.2. The molecule has 0 fully saturated rings. The van der Waals surface area contributed by atoms with Gasteiger partial charge in [0.2, 0.25) is 0 Å². The van der Waals surface area contributed by atoms with E-state index in [0.717, 1.165) is 10.0 Å². The van der Waals surface area contributed by atoms with E-state index in [-0.39, 0.29) is 0 Å². The van der Waals surface area contributed by atoms with Gasteiger partial charge in [-0.2, -0.15) is 5.10 Å². The molecule has 1 aromatic carbocycles. The molecule has 0 amide bonds. The molecule has 0 spiro atoms. The molecular formula is C9H7BrN4. The van der Waals surface area contributed by atoms with E-state index < -0.39 is 0 Å². The molecule has 0 aliphatic carbocycles. The molecule has 2 rings (SSSR count).